The summed E-state index contributed by atoms with van der Waals surface area (Å²) in [6.07, 6.45) is 0.919. The maximum atomic E-state index is 5.94. The minimum Gasteiger partial charge on any atom is -0.380 e. The van der Waals surface area contributed by atoms with Crippen molar-refractivity contribution in [1.29, 1.82) is 0 Å². The predicted molar refractivity (Wildman–Crippen MR) is 62.4 cm³/mol. The monoisotopic (exact) mass is 233 g/mol. The SMILES string of the molecule is CCNCCOCCc1sccc1Cl. The van der Waals surface area contributed by atoms with E-state index in [1.54, 1.807) is 11.3 Å². The second kappa shape index (κ2) is 7.23. The molecule has 0 amide bonds. The third-order valence-electron chi connectivity index (χ3n) is 1.84. The van der Waals surface area contributed by atoms with E-state index in [4.69, 9.17) is 16.3 Å². The van der Waals surface area contributed by atoms with Crippen LogP contribution < -0.4 is 5.32 Å². The smallest absolute Gasteiger partial charge is 0.0591 e. The average molecular weight is 234 g/mol. The summed E-state index contributed by atoms with van der Waals surface area (Å²) in [7, 11) is 0. The van der Waals surface area contributed by atoms with Crippen LogP contribution in [0.25, 0.3) is 0 Å². The Labute approximate surface area is 94.2 Å². The van der Waals surface area contributed by atoms with Crippen LogP contribution in [-0.2, 0) is 11.2 Å². The Bertz CT molecular complexity index is 252. The molecule has 0 atom stereocenters. The quantitative estimate of drug-likeness (QED) is 0.731. The van der Waals surface area contributed by atoms with Crippen LogP contribution in [0.5, 0.6) is 0 Å². The lowest BCUT2D eigenvalue weighted by atomic mass is 10.4. The Morgan fingerprint density at radius 2 is 2.36 bits per heavy atom. The first kappa shape index (κ1) is 12.0. The summed E-state index contributed by atoms with van der Waals surface area (Å²) in [5.41, 5.74) is 0. The summed E-state index contributed by atoms with van der Waals surface area (Å²) < 4.78 is 5.45. The molecule has 14 heavy (non-hydrogen) atoms. The second-order valence-electron chi connectivity index (χ2n) is 2.91. The molecule has 0 aliphatic heterocycles. The van der Waals surface area contributed by atoms with Crippen LogP contribution in [0.1, 0.15) is 11.8 Å². The molecule has 0 aliphatic carbocycles. The van der Waals surface area contributed by atoms with Gasteiger partial charge in [-0.2, -0.15) is 0 Å². The number of ether oxygens (including phenoxy) is 1. The lowest BCUT2D eigenvalue weighted by Gasteiger charge is -2.03. The van der Waals surface area contributed by atoms with Crippen molar-refractivity contribution in [2.75, 3.05) is 26.3 Å². The van der Waals surface area contributed by atoms with Gasteiger partial charge < -0.3 is 10.1 Å². The lowest BCUT2D eigenvalue weighted by molar-refractivity contribution is 0.140. The number of rotatable bonds is 7. The van der Waals surface area contributed by atoms with Gasteiger partial charge in [-0.15, -0.1) is 11.3 Å². The van der Waals surface area contributed by atoms with Gasteiger partial charge in [0.2, 0.25) is 0 Å². The lowest BCUT2D eigenvalue weighted by Crippen LogP contribution is -2.19. The maximum Gasteiger partial charge on any atom is 0.0591 e. The van der Waals surface area contributed by atoms with E-state index in [0.29, 0.717) is 0 Å². The molecular weight excluding hydrogens is 218 g/mol. The normalized spacial score (nSPS) is 10.7. The van der Waals surface area contributed by atoms with Crippen LogP contribution in [0.4, 0.5) is 0 Å². The van der Waals surface area contributed by atoms with Crippen molar-refractivity contribution in [3.8, 4) is 0 Å². The minimum absolute atomic E-state index is 0.756. The van der Waals surface area contributed by atoms with Gasteiger partial charge in [0.05, 0.1) is 18.2 Å². The first-order valence-electron chi connectivity index (χ1n) is 4.85. The topological polar surface area (TPSA) is 21.3 Å². The molecule has 1 aromatic rings. The summed E-state index contributed by atoms with van der Waals surface area (Å²) in [4.78, 5) is 1.22. The Morgan fingerprint density at radius 1 is 1.50 bits per heavy atom. The van der Waals surface area contributed by atoms with E-state index in [1.165, 1.54) is 4.88 Å². The number of thiophene rings is 1. The molecule has 0 aliphatic rings. The third kappa shape index (κ3) is 4.42. The largest absolute Gasteiger partial charge is 0.380 e. The molecule has 0 spiro atoms. The molecule has 0 aromatic carbocycles. The highest BCUT2D eigenvalue weighted by Gasteiger charge is 2.00. The van der Waals surface area contributed by atoms with Crippen LogP contribution in [0, 0.1) is 0 Å². The molecule has 4 heteroatoms. The molecule has 0 fully saturated rings. The summed E-state index contributed by atoms with van der Waals surface area (Å²) in [5, 5.41) is 6.08. The maximum absolute atomic E-state index is 5.94. The minimum atomic E-state index is 0.756. The molecule has 0 bridgehead atoms. The Balaban J connectivity index is 2.02. The highest BCUT2D eigenvalue weighted by atomic mass is 35.5. The number of likely N-dealkylation sites (N-methyl/N-ethyl adjacent to an activating group) is 1. The van der Waals surface area contributed by atoms with Gasteiger partial charge in [-0.3, -0.25) is 0 Å². The molecule has 0 saturated heterocycles. The fourth-order valence-corrected chi connectivity index (χ4v) is 2.21. The van der Waals surface area contributed by atoms with Gasteiger partial charge in [0, 0.05) is 17.8 Å². The van der Waals surface area contributed by atoms with Gasteiger partial charge in [0.25, 0.3) is 0 Å². The van der Waals surface area contributed by atoms with E-state index in [9.17, 15) is 0 Å². The Hall–Kier alpha value is -0.0900. The van der Waals surface area contributed by atoms with Crippen LogP contribution in [0.2, 0.25) is 5.02 Å². The number of hydrogen-bond acceptors (Lipinski definition) is 3. The van der Waals surface area contributed by atoms with Crippen LogP contribution >= 0.6 is 22.9 Å². The van der Waals surface area contributed by atoms with E-state index in [2.05, 4.69) is 12.2 Å². The van der Waals surface area contributed by atoms with Gasteiger partial charge in [-0.05, 0) is 18.0 Å². The first-order chi connectivity index (χ1) is 6.84. The van der Waals surface area contributed by atoms with Crippen molar-refractivity contribution in [2.24, 2.45) is 0 Å². The van der Waals surface area contributed by atoms with Gasteiger partial charge in [-0.25, -0.2) is 0 Å². The summed E-state index contributed by atoms with van der Waals surface area (Å²) in [5.74, 6) is 0. The number of hydrogen-bond donors (Lipinski definition) is 1. The highest BCUT2D eigenvalue weighted by molar-refractivity contribution is 7.10. The molecule has 1 rings (SSSR count). The van der Waals surface area contributed by atoms with Crippen molar-refractivity contribution in [2.45, 2.75) is 13.3 Å². The van der Waals surface area contributed by atoms with E-state index in [-0.39, 0.29) is 0 Å². The van der Waals surface area contributed by atoms with Crippen LogP contribution in [0.15, 0.2) is 11.4 Å². The van der Waals surface area contributed by atoms with E-state index in [1.807, 2.05) is 11.4 Å². The highest BCUT2D eigenvalue weighted by Crippen LogP contribution is 2.22. The predicted octanol–water partition coefficient (Wildman–Crippen LogP) is 2.57. The van der Waals surface area contributed by atoms with Crippen molar-refractivity contribution in [3.05, 3.63) is 21.3 Å². The van der Waals surface area contributed by atoms with Crippen LogP contribution in [0.3, 0.4) is 0 Å². The number of nitrogens with one attached hydrogen (secondary N) is 1. The van der Waals surface area contributed by atoms with Crippen molar-refractivity contribution in [1.82, 2.24) is 5.32 Å². The zero-order valence-corrected chi connectivity index (χ0v) is 9.96. The van der Waals surface area contributed by atoms with Crippen molar-refractivity contribution < 1.29 is 4.74 Å². The Morgan fingerprint density at radius 3 is 3.00 bits per heavy atom. The summed E-state index contributed by atoms with van der Waals surface area (Å²) in [6.45, 7) is 5.54. The van der Waals surface area contributed by atoms with Gasteiger partial charge in [0.15, 0.2) is 0 Å². The first-order valence-corrected chi connectivity index (χ1v) is 6.10. The zero-order valence-electron chi connectivity index (χ0n) is 8.38. The molecule has 1 aromatic heterocycles. The molecule has 0 unspecified atom stereocenters. The standard InChI is InChI=1S/C10H16ClNOS/c1-2-12-5-7-13-6-3-10-9(11)4-8-14-10/h4,8,12H,2-3,5-7H2,1H3. The average Bonchev–Trinajstić information content (AvgIpc) is 2.58. The van der Waals surface area contributed by atoms with E-state index >= 15 is 0 Å². The molecule has 1 heterocycles. The molecule has 0 radical (unpaired) electrons. The second-order valence-corrected chi connectivity index (χ2v) is 4.32. The summed E-state index contributed by atoms with van der Waals surface area (Å²) in [6, 6.07) is 1.93. The van der Waals surface area contributed by atoms with E-state index < -0.39 is 0 Å². The third-order valence-corrected chi connectivity index (χ3v) is 3.28. The molecular formula is C10H16ClNOS. The fourth-order valence-electron chi connectivity index (χ4n) is 1.09. The number of halogens is 1. The van der Waals surface area contributed by atoms with Crippen molar-refractivity contribution in [3.63, 3.8) is 0 Å². The van der Waals surface area contributed by atoms with Crippen LogP contribution in [-0.4, -0.2) is 26.3 Å². The van der Waals surface area contributed by atoms with Gasteiger partial charge in [-0.1, -0.05) is 18.5 Å². The molecule has 2 nitrogen and oxygen atoms in total. The van der Waals surface area contributed by atoms with Gasteiger partial charge in [0.1, 0.15) is 0 Å². The fraction of sp³-hybridized carbons (Fsp3) is 0.600. The molecule has 80 valence electrons. The summed E-state index contributed by atoms with van der Waals surface area (Å²) >= 11 is 7.64. The van der Waals surface area contributed by atoms with E-state index in [0.717, 1.165) is 37.7 Å². The Kier molecular flexibility index (Phi) is 6.19. The molecule has 0 saturated carbocycles. The van der Waals surface area contributed by atoms with Crippen molar-refractivity contribution >= 4 is 22.9 Å². The van der Waals surface area contributed by atoms with Gasteiger partial charge >= 0.3 is 0 Å². The zero-order chi connectivity index (χ0) is 10.2. The molecule has 1 N–H and O–H groups in total.